The number of carbonyl (C=O) groups excluding carboxylic acids is 1. The van der Waals surface area contributed by atoms with Gasteiger partial charge in [0.15, 0.2) is 11.2 Å². The van der Waals surface area contributed by atoms with Crippen molar-refractivity contribution in [2.75, 3.05) is 6.54 Å². The van der Waals surface area contributed by atoms with Gasteiger partial charge in [-0.15, -0.1) is 0 Å². The summed E-state index contributed by atoms with van der Waals surface area (Å²) < 4.78 is 18.6. The van der Waals surface area contributed by atoms with Crippen LogP contribution in [0.5, 0.6) is 0 Å². The lowest BCUT2D eigenvalue weighted by molar-refractivity contribution is -0.0395. The molecule has 1 saturated carbocycles. The Kier molecular flexibility index (Phi) is 3.95. The van der Waals surface area contributed by atoms with Crippen LogP contribution in [-0.4, -0.2) is 23.2 Å². The van der Waals surface area contributed by atoms with Gasteiger partial charge in [-0.2, -0.15) is 0 Å². The normalized spacial score (nSPS) is 22.7. The number of aliphatic hydroxyl groups is 1. The molecule has 1 unspecified atom stereocenters. The lowest BCUT2D eigenvalue weighted by atomic mass is 9.78. The molecule has 6 heteroatoms. The largest absolute Gasteiger partial charge is 0.451 e. The molecule has 0 aliphatic heterocycles. The third-order valence-corrected chi connectivity index (χ3v) is 5.11. The van der Waals surface area contributed by atoms with Gasteiger partial charge in [0.1, 0.15) is 11.4 Å². The fourth-order valence-electron chi connectivity index (χ4n) is 3.28. The molecule has 1 aliphatic rings. The molecule has 1 aliphatic carbocycles. The van der Waals surface area contributed by atoms with Crippen molar-refractivity contribution in [1.82, 2.24) is 5.32 Å². The molecule has 128 valence electrons. The molecule has 1 heterocycles. The zero-order valence-electron chi connectivity index (χ0n) is 13.7. The van der Waals surface area contributed by atoms with Crippen LogP contribution in [0, 0.1) is 11.2 Å². The molecule has 0 radical (unpaired) electrons. The fraction of sp³-hybridized carbons (Fsp3) is 0.444. The predicted molar refractivity (Wildman–Crippen MR) is 87.4 cm³/mol. The molecule has 0 saturated heterocycles. The van der Waals surface area contributed by atoms with Crippen LogP contribution in [0.25, 0.3) is 11.0 Å². The van der Waals surface area contributed by atoms with E-state index in [1.807, 2.05) is 13.8 Å². The standard InChI is InChI=1S/C18H20FNO4/c1-17(2)6-3-7-18(17,23)10-20-16(22)15-9-13(21)12-5-4-11(19)8-14(12)24-15/h4-5,8-9,23H,3,6-7,10H2,1-2H3,(H,20,22). The van der Waals surface area contributed by atoms with Gasteiger partial charge in [-0.25, -0.2) is 4.39 Å². The number of carbonyl (C=O) groups is 1. The summed E-state index contributed by atoms with van der Waals surface area (Å²) >= 11 is 0. The van der Waals surface area contributed by atoms with Crippen molar-refractivity contribution in [3.8, 4) is 0 Å². The number of hydrogen-bond acceptors (Lipinski definition) is 4. The van der Waals surface area contributed by atoms with E-state index < -0.39 is 22.8 Å². The van der Waals surface area contributed by atoms with Gasteiger partial charge in [0.05, 0.1) is 11.0 Å². The van der Waals surface area contributed by atoms with E-state index in [1.165, 1.54) is 6.07 Å². The van der Waals surface area contributed by atoms with Crippen molar-refractivity contribution in [1.29, 1.82) is 0 Å². The van der Waals surface area contributed by atoms with E-state index in [9.17, 15) is 19.1 Å². The second-order valence-corrected chi connectivity index (χ2v) is 7.07. The Labute approximate surface area is 138 Å². The zero-order valence-corrected chi connectivity index (χ0v) is 13.7. The van der Waals surface area contributed by atoms with Crippen molar-refractivity contribution in [3.05, 3.63) is 46.1 Å². The Hall–Kier alpha value is -2.21. The molecule has 5 nitrogen and oxygen atoms in total. The molecular weight excluding hydrogens is 313 g/mol. The highest BCUT2D eigenvalue weighted by Crippen LogP contribution is 2.45. The Morgan fingerprint density at radius 1 is 1.33 bits per heavy atom. The van der Waals surface area contributed by atoms with Crippen LogP contribution in [0.4, 0.5) is 4.39 Å². The first-order chi connectivity index (χ1) is 11.2. The summed E-state index contributed by atoms with van der Waals surface area (Å²) in [5.74, 6) is -1.35. The van der Waals surface area contributed by atoms with Crippen LogP contribution in [0.3, 0.4) is 0 Å². The Bertz CT molecular complexity index is 858. The van der Waals surface area contributed by atoms with E-state index in [1.54, 1.807) is 0 Å². The second kappa shape index (κ2) is 5.70. The summed E-state index contributed by atoms with van der Waals surface area (Å²) in [5, 5.41) is 13.6. The summed E-state index contributed by atoms with van der Waals surface area (Å²) in [4.78, 5) is 24.3. The molecule has 1 aromatic heterocycles. The van der Waals surface area contributed by atoms with E-state index in [-0.39, 0.29) is 28.7 Å². The molecule has 2 N–H and O–H groups in total. The predicted octanol–water partition coefficient (Wildman–Crippen LogP) is 2.60. The van der Waals surface area contributed by atoms with Crippen molar-refractivity contribution in [2.24, 2.45) is 5.41 Å². The Balaban J connectivity index is 1.83. The van der Waals surface area contributed by atoms with Gasteiger partial charge < -0.3 is 14.8 Å². The summed E-state index contributed by atoms with van der Waals surface area (Å²) in [6.45, 7) is 4.00. The molecule has 1 amide bonds. The van der Waals surface area contributed by atoms with Gasteiger partial charge >= 0.3 is 0 Å². The number of hydrogen-bond donors (Lipinski definition) is 2. The number of halogens is 1. The van der Waals surface area contributed by atoms with Crippen molar-refractivity contribution >= 4 is 16.9 Å². The number of benzene rings is 1. The van der Waals surface area contributed by atoms with Crippen LogP contribution in [0.2, 0.25) is 0 Å². The van der Waals surface area contributed by atoms with Crippen molar-refractivity contribution in [3.63, 3.8) is 0 Å². The van der Waals surface area contributed by atoms with Crippen molar-refractivity contribution < 1.29 is 18.7 Å². The molecule has 2 aromatic rings. The lowest BCUT2D eigenvalue weighted by Crippen LogP contribution is -2.49. The molecular formula is C18H20FNO4. The van der Waals surface area contributed by atoms with Gasteiger partial charge in [0.25, 0.3) is 5.91 Å². The number of fused-ring (bicyclic) bond motifs is 1. The molecule has 0 bridgehead atoms. The highest BCUT2D eigenvalue weighted by atomic mass is 19.1. The first-order valence-electron chi connectivity index (χ1n) is 7.96. The van der Waals surface area contributed by atoms with E-state index in [0.717, 1.165) is 31.0 Å². The maximum absolute atomic E-state index is 13.3. The highest BCUT2D eigenvalue weighted by molar-refractivity contribution is 5.93. The summed E-state index contributed by atoms with van der Waals surface area (Å²) in [5.41, 5.74) is -1.69. The number of amides is 1. The smallest absolute Gasteiger partial charge is 0.287 e. The summed E-state index contributed by atoms with van der Waals surface area (Å²) in [7, 11) is 0. The van der Waals surface area contributed by atoms with E-state index >= 15 is 0 Å². The highest BCUT2D eigenvalue weighted by Gasteiger charge is 2.47. The van der Waals surface area contributed by atoms with Gasteiger partial charge in [-0.1, -0.05) is 13.8 Å². The van der Waals surface area contributed by atoms with Crippen molar-refractivity contribution in [2.45, 2.75) is 38.7 Å². The molecule has 1 aromatic carbocycles. The third kappa shape index (κ3) is 2.82. The summed E-state index contributed by atoms with van der Waals surface area (Å²) in [6, 6.07) is 4.64. The van der Waals surface area contributed by atoms with Gasteiger partial charge in [-0.05, 0) is 36.8 Å². The molecule has 0 spiro atoms. The van der Waals surface area contributed by atoms with Crippen LogP contribution < -0.4 is 10.7 Å². The van der Waals surface area contributed by atoms with Crippen LogP contribution in [0.15, 0.2) is 33.5 Å². The Morgan fingerprint density at radius 3 is 2.75 bits per heavy atom. The van der Waals surface area contributed by atoms with Crippen LogP contribution in [-0.2, 0) is 0 Å². The zero-order chi connectivity index (χ0) is 17.5. The Morgan fingerprint density at radius 2 is 2.08 bits per heavy atom. The quantitative estimate of drug-likeness (QED) is 0.905. The topological polar surface area (TPSA) is 79.5 Å². The molecule has 1 atom stereocenters. The van der Waals surface area contributed by atoms with E-state index in [0.29, 0.717) is 6.42 Å². The SMILES string of the molecule is CC1(C)CCCC1(O)CNC(=O)c1cc(=O)c2ccc(F)cc2o1. The lowest BCUT2D eigenvalue weighted by Gasteiger charge is -2.36. The van der Waals surface area contributed by atoms with E-state index in [4.69, 9.17) is 4.42 Å². The second-order valence-electron chi connectivity index (χ2n) is 7.07. The fourth-order valence-corrected chi connectivity index (χ4v) is 3.28. The van der Waals surface area contributed by atoms with E-state index in [2.05, 4.69) is 5.32 Å². The number of rotatable bonds is 3. The first-order valence-corrected chi connectivity index (χ1v) is 7.96. The summed E-state index contributed by atoms with van der Waals surface area (Å²) in [6.07, 6.45) is 2.38. The minimum Gasteiger partial charge on any atom is -0.451 e. The third-order valence-electron chi connectivity index (χ3n) is 5.11. The molecule has 1 fully saturated rings. The van der Waals surface area contributed by atoms with Gasteiger partial charge in [0, 0.05) is 18.7 Å². The maximum Gasteiger partial charge on any atom is 0.287 e. The van der Waals surface area contributed by atoms with Crippen LogP contribution >= 0.6 is 0 Å². The number of nitrogens with one attached hydrogen (secondary N) is 1. The minimum atomic E-state index is -0.994. The average molecular weight is 333 g/mol. The maximum atomic E-state index is 13.3. The van der Waals surface area contributed by atoms with Crippen LogP contribution in [0.1, 0.15) is 43.7 Å². The monoisotopic (exact) mass is 333 g/mol. The molecule has 24 heavy (non-hydrogen) atoms. The van der Waals surface area contributed by atoms with Gasteiger partial charge in [0.2, 0.25) is 0 Å². The average Bonchev–Trinajstić information content (AvgIpc) is 2.78. The van der Waals surface area contributed by atoms with Gasteiger partial charge in [-0.3, -0.25) is 9.59 Å². The minimum absolute atomic E-state index is 0.0209. The molecule has 3 rings (SSSR count). The first kappa shape index (κ1) is 16.6.